The number of hydrogen-bond acceptors (Lipinski definition) is 2. The summed E-state index contributed by atoms with van der Waals surface area (Å²) >= 11 is 18.3. The molecule has 6 heteroatoms. The molecule has 110 valence electrons. The van der Waals surface area contributed by atoms with Gasteiger partial charge in [-0.1, -0.05) is 53.7 Å². The molecule has 0 amide bonds. The fourth-order valence-electron chi connectivity index (χ4n) is 2.76. The van der Waals surface area contributed by atoms with E-state index in [0.717, 1.165) is 31.2 Å². The molecule has 2 aromatic rings. The lowest BCUT2D eigenvalue weighted by atomic mass is 10.0. The minimum atomic E-state index is -0.570. The van der Waals surface area contributed by atoms with Crippen LogP contribution in [0.3, 0.4) is 0 Å². The van der Waals surface area contributed by atoms with E-state index in [1.54, 1.807) is 12.1 Å². The van der Waals surface area contributed by atoms with Gasteiger partial charge in [-0.15, -0.1) is 0 Å². The highest BCUT2D eigenvalue weighted by molar-refractivity contribution is 6.35. The summed E-state index contributed by atoms with van der Waals surface area (Å²) in [5.74, 6) is -0.116. The molecule has 1 aliphatic carbocycles. The largest absolute Gasteiger partial charge is 0.216 e. The molecule has 0 saturated heterocycles. The predicted octanol–water partition coefficient (Wildman–Crippen LogP) is 5.90. The van der Waals surface area contributed by atoms with Gasteiger partial charge in [-0.05, 0) is 30.9 Å². The lowest BCUT2D eigenvalue weighted by Gasteiger charge is -2.14. The first-order valence-corrected chi connectivity index (χ1v) is 7.88. The smallest absolute Gasteiger partial charge is 0.165 e. The van der Waals surface area contributed by atoms with Gasteiger partial charge < -0.3 is 0 Å². The van der Waals surface area contributed by atoms with Crippen molar-refractivity contribution >= 4 is 34.8 Å². The molecule has 1 aliphatic rings. The number of aromatic nitrogens is 2. The third-order valence-electron chi connectivity index (χ3n) is 3.81. The number of hydrogen-bond donors (Lipinski definition) is 0. The van der Waals surface area contributed by atoms with Gasteiger partial charge in [0.25, 0.3) is 0 Å². The van der Waals surface area contributed by atoms with Gasteiger partial charge in [0.15, 0.2) is 11.6 Å². The van der Waals surface area contributed by atoms with Crippen LogP contribution in [0.4, 0.5) is 4.39 Å². The van der Waals surface area contributed by atoms with Crippen LogP contribution in [-0.4, -0.2) is 9.97 Å². The maximum absolute atomic E-state index is 14.1. The second kappa shape index (κ2) is 6.07. The van der Waals surface area contributed by atoms with Crippen molar-refractivity contribution in [3.05, 3.63) is 44.9 Å². The Morgan fingerprint density at radius 3 is 2.24 bits per heavy atom. The fourth-order valence-corrected chi connectivity index (χ4v) is 3.64. The Labute approximate surface area is 137 Å². The first-order chi connectivity index (χ1) is 10.1. The zero-order valence-corrected chi connectivity index (χ0v) is 13.3. The van der Waals surface area contributed by atoms with Crippen LogP contribution < -0.4 is 0 Å². The lowest BCUT2D eigenvalue weighted by molar-refractivity contribution is 0.630. The van der Waals surface area contributed by atoms with E-state index < -0.39 is 5.82 Å². The number of benzene rings is 1. The molecular weight excluding hydrogens is 334 g/mol. The summed E-state index contributed by atoms with van der Waals surface area (Å²) < 4.78 is 14.1. The molecule has 1 aromatic carbocycles. The summed E-state index contributed by atoms with van der Waals surface area (Å²) in [5.41, 5.74) is 0.978. The van der Waals surface area contributed by atoms with Crippen molar-refractivity contribution in [1.82, 2.24) is 9.97 Å². The number of rotatable bonds is 2. The van der Waals surface area contributed by atoms with E-state index in [-0.39, 0.29) is 16.4 Å². The van der Waals surface area contributed by atoms with E-state index in [9.17, 15) is 4.39 Å². The standard InChI is InChI=1S/C15H12Cl3FN2/c16-10-7-3-6-9(12(10)19)15-20-13(17)11(14(18)21-15)8-4-1-2-5-8/h3,6-8H,1-2,4-5H2. The molecule has 0 aliphatic heterocycles. The van der Waals surface area contributed by atoms with Crippen LogP contribution in [0.25, 0.3) is 11.4 Å². The fraction of sp³-hybridized carbons (Fsp3) is 0.333. The van der Waals surface area contributed by atoms with E-state index in [1.165, 1.54) is 6.07 Å². The van der Waals surface area contributed by atoms with E-state index in [2.05, 4.69) is 9.97 Å². The van der Waals surface area contributed by atoms with E-state index in [0.29, 0.717) is 16.2 Å². The average molecular weight is 346 g/mol. The highest BCUT2D eigenvalue weighted by Crippen LogP contribution is 2.41. The first kappa shape index (κ1) is 15.0. The molecule has 0 N–H and O–H groups in total. The lowest BCUT2D eigenvalue weighted by Crippen LogP contribution is -2.02. The third-order valence-corrected chi connectivity index (χ3v) is 4.68. The summed E-state index contributed by atoms with van der Waals surface area (Å²) in [7, 11) is 0. The van der Waals surface area contributed by atoms with Crippen molar-refractivity contribution in [3.8, 4) is 11.4 Å². The van der Waals surface area contributed by atoms with Crippen molar-refractivity contribution in [3.63, 3.8) is 0 Å². The van der Waals surface area contributed by atoms with Gasteiger partial charge in [0.1, 0.15) is 10.3 Å². The summed E-state index contributed by atoms with van der Waals surface area (Å²) in [6.45, 7) is 0. The summed E-state index contributed by atoms with van der Waals surface area (Å²) in [6.07, 6.45) is 4.38. The van der Waals surface area contributed by atoms with Crippen molar-refractivity contribution in [1.29, 1.82) is 0 Å². The molecule has 1 fully saturated rings. The maximum atomic E-state index is 14.1. The molecule has 1 heterocycles. The normalized spacial score (nSPS) is 15.6. The van der Waals surface area contributed by atoms with E-state index >= 15 is 0 Å². The SMILES string of the molecule is Fc1c(Cl)cccc1-c1nc(Cl)c(C2CCCC2)c(Cl)n1. The first-order valence-electron chi connectivity index (χ1n) is 6.75. The second-order valence-corrected chi connectivity index (χ2v) is 6.25. The van der Waals surface area contributed by atoms with Gasteiger partial charge >= 0.3 is 0 Å². The Kier molecular flexibility index (Phi) is 4.34. The molecule has 21 heavy (non-hydrogen) atoms. The molecule has 0 spiro atoms. The molecule has 0 bridgehead atoms. The number of nitrogens with zero attached hydrogens (tertiary/aromatic N) is 2. The highest BCUT2D eigenvalue weighted by Gasteiger charge is 2.25. The van der Waals surface area contributed by atoms with Crippen LogP contribution in [-0.2, 0) is 0 Å². The van der Waals surface area contributed by atoms with Gasteiger partial charge in [-0.3, -0.25) is 0 Å². The minimum absolute atomic E-state index is 0.0169. The van der Waals surface area contributed by atoms with Gasteiger partial charge in [-0.2, -0.15) is 0 Å². The molecule has 1 aromatic heterocycles. The zero-order chi connectivity index (χ0) is 15.0. The average Bonchev–Trinajstić information content (AvgIpc) is 2.95. The third kappa shape index (κ3) is 2.87. The quantitative estimate of drug-likeness (QED) is 0.633. The highest BCUT2D eigenvalue weighted by atomic mass is 35.5. The molecule has 0 radical (unpaired) electrons. The summed E-state index contributed by atoms with van der Waals surface area (Å²) in [6, 6.07) is 4.66. The van der Waals surface area contributed by atoms with Crippen LogP contribution in [0.5, 0.6) is 0 Å². The van der Waals surface area contributed by atoms with E-state index in [1.807, 2.05) is 0 Å². The van der Waals surface area contributed by atoms with Crippen molar-refractivity contribution in [2.24, 2.45) is 0 Å². The Morgan fingerprint density at radius 2 is 1.62 bits per heavy atom. The van der Waals surface area contributed by atoms with Gasteiger partial charge in [0.2, 0.25) is 0 Å². The number of halogens is 4. The summed E-state index contributed by atoms with van der Waals surface area (Å²) in [5, 5.41) is 0.621. The topological polar surface area (TPSA) is 25.8 Å². The Bertz CT molecular complexity index is 662. The molecule has 0 atom stereocenters. The van der Waals surface area contributed by atoms with Crippen LogP contribution in [0.2, 0.25) is 15.3 Å². The van der Waals surface area contributed by atoms with Crippen LogP contribution in [0, 0.1) is 5.82 Å². The van der Waals surface area contributed by atoms with Crippen molar-refractivity contribution in [2.45, 2.75) is 31.6 Å². The Morgan fingerprint density at radius 1 is 1.00 bits per heavy atom. The molecular formula is C15H12Cl3FN2. The van der Waals surface area contributed by atoms with Crippen molar-refractivity contribution < 1.29 is 4.39 Å². The van der Waals surface area contributed by atoms with E-state index in [4.69, 9.17) is 34.8 Å². The maximum Gasteiger partial charge on any atom is 0.165 e. The molecule has 1 saturated carbocycles. The molecule has 0 unspecified atom stereocenters. The zero-order valence-electron chi connectivity index (χ0n) is 11.0. The molecule has 3 rings (SSSR count). The Hall–Kier alpha value is -0.900. The molecule has 2 nitrogen and oxygen atoms in total. The van der Waals surface area contributed by atoms with Crippen molar-refractivity contribution in [2.75, 3.05) is 0 Å². The van der Waals surface area contributed by atoms with Gasteiger partial charge in [0, 0.05) is 5.56 Å². The van der Waals surface area contributed by atoms with Crippen LogP contribution >= 0.6 is 34.8 Å². The van der Waals surface area contributed by atoms with Crippen LogP contribution in [0.1, 0.15) is 37.2 Å². The second-order valence-electron chi connectivity index (χ2n) is 5.13. The Balaban J connectivity index is 2.08. The summed E-state index contributed by atoms with van der Waals surface area (Å²) in [4.78, 5) is 8.44. The van der Waals surface area contributed by atoms with Crippen LogP contribution in [0.15, 0.2) is 18.2 Å². The van der Waals surface area contributed by atoms with Gasteiger partial charge in [0.05, 0.1) is 10.6 Å². The minimum Gasteiger partial charge on any atom is -0.216 e. The van der Waals surface area contributed by atoms with Gasteiger partial charge in [-0.25, -0.2) is 14.4 Å². The monoisotopic (exact) mass is 344 g/mol. The predicted molar refractivity (Wildman–Crippen MR) is 83.7 cm³/mol.